The molecule has 0 fully saturated rings. The third-order valence-electron chi connectivity index (χ3n) is 2.99. The lowest BCUT2D eigenvalue weighted by molar-refractivity contribution is 0.750. The fraction of sp³-hybridized carbons (Fsp3) is 0.214. The molecule has 19 heavy (non-hydrogen) atoms. The van der Waals surface area contributed by atoms with Gasteiger partial charge >= 0.3 is 0 Å². The van der Waals surface area contributed by atoms with Crippen LogP contribution in [-0.4, -0.2) is 9.55 Å². The fourth-order valence-corrected chi connectivity index (χ4v) is 3.35. The fourth-order valence-electron chi connectivity index (χ4n) is 2.14. The molecular weight excluding hydrogens is 344 g/mol. The first-order chi connectivity index (χ1) is 9.15. The van der Waals surface area contributed by atoms with Crippen LogP contribution in [-0.2, 0) is 6.54 Å². The SMILES string of the molecule is CC(Cl)c1nc2ccc(Br)cc2n1Cc1cccs1. The first-order valence-corrected chi connectivity index (χ1v) is 8.08. The van der Waals surface area contributed by atoms with Crippen molar-refractivity contribution < 1.29 is 0 Å². The van der Waals surface area contributed by atoms with Crippen LogP contribution in [0.1, 0.15) is 23.0 Å². The predicted molar refractivity (Wildman–Crippen MR) is 85.1 cm³/mol. The van der Waals surface area contributed by atoms with E-state index in [0.717, 1.165) is 27.9 Å². The van der Waals surface area contributed by atoms with E-state index in [1.165, 1.54) is 4.88 Å². The normalized spacial score (nSPS) is 13.0. The summed E-state index contributed by atoms with van der Waals surface area (Å²) in [5.41, 5.74) is 2.10. The van der Waals surface area contributed by atoms with Gasteiger partial charge in [-0.1, -0.05) is 22.0 Å². The molecule has 2 nitrogen and oxygen atoms in total. The Morgan fingerprint density at radius 3 is 2.95 bits per heavy atom. The molecule has 5 heteroatoms. The van der Waals surface area contributed by atoms with Gasteiger partial charge in [0.05, 0.1) is 23.0 Å². The van der Waals surface area contributed by atoms with E-state index in [-0.39, 0.29) is 5.38 Å². The standard InChI is InChI=1S/C14H12BrClN2S/c1-9(16)14-17-12-5-4-10(15)7-13(12)18(14)8-11-3-2-6-19-11/h2-7,9H,8H2,1H3. The first kappa shape index (κ1) is 13.2. The molecular formula is C14H12BrClN2S. The van der Waals surface area contributed by atoms with E-state index in [2.05, 4.69) is 49.1 Å². The first-order valence-electron chi connectivity index (χ1n) is 5.97. The third kappa shape index (κ3) is 2.57. The molecule has 1 unspecified atom stereocenters. The van der Waals surface area contributed by atoms with E-state index < -0.39 is 0 Å². The van der Waals surface area contributed by atoms with Gasteiger partial charge in [0.25, 0.3) is 0 Å². The minimum atomic E-state index is -0.105. The Hall–Kier alpha value is -0.840. The maximum Gasteiger partial charge on any atom is 0.128 e. The maximum atomic E-state index is 6.27. The molecule has 3 aromatic rings. The van der Waals surface area contributed by atoms with E-state index in [9.17, 15) is 0 Å². The Bertz CT molecular complexity index is 704. The van der Waals surface area contributed by atoms with Gasteiger partial charge in [0.1, 0.15) is 5.82 Å². The van der Waals surface area contributed by atoms with Gasteiger partial charge in [-0.2, -0.15) is 0 Å². The smallest absolute Gasteiger partial charge is 0.128 e. The van der Waals surface area contributed by atoms with Crippen LogP contribution in [0.5, 0.6) is 0 Å². The molecule has 0 saturated carbocycles. The van der Waals surface area contributed by atoms with Crippen LogP contribution >= 0.6 is 38.9 Å². The van der Waals surface area contributed by atoms with E-state index in [0.29, 0.717) is 0 Å². The monoisotopic (exact) mass is 354 g/mol. The van der Waals surface area contributed by atoms with Crippen LogP contribution in [0.2, 0.25) is 0 Å². The van der Waals surface area contributed by atoms with Gasteiger partial charge in [-0.25, -0.2) is 4.98 Å². The zero-order valence-electron chi connectivity index (χ0n) is 10.3. The lowest BCUT2D eigenvalue weighted by Crippen LogP contribution is -2.04. The van der Waals surface area contributed by atoms with Crippen molar-refractivity contribution in [2.75, 3.05) is 0 Å². The number of alkyl halides is 1. The number of halogens is 2. The molecule has 0 aliphatic carbocycles. The van der Waals surface area contributed by atoms with E-state index in [1.807, 2.05) is 19.1 Å². The molecule has 3 rings (SSSR count). The highest BCUT2D eigenvalue weighted by Crippen LogP contribution is 2.28. The maximum absolute atomic E-state index is 6.27. The van der Waals surface area contributed by atoms with Gasteiger partial charge in [0, 0.05) is 9.35 Å². The largest absolute Gasteiger partial charge is 0.321 e. The lowest BCUT2D eigenvalue weighted by Gasteiger charge is -2.09. The Labute approximate surface area is 129 Å². The Balaban J connectivity index is 2.18. The summed E-state index contributed by atoms with van der Waals surface area (Å²) in [6.07, 6.45) is 0. The number of imidazole rings is 1. The van der Waals surface area contributed by atoms with Crippen LogP contribution < -0.4 is 0 Å². The number of benzene rings is 1. The average molecular weight is 356 g/mol. The summed E-state index contributed by atoms with van der Waals surface area (Å²) in [5, 5.41) is 1.99. The van der Waals surface area contributed by atoms with Crippen molar-refractivity contribution in [3.05, 3.63) is 50.9 Å². The van der Waals surface area contributed by atoms with Gasteiger partial charge in [-0.15, -0.1) is 22.9 Å². The number of rotatable bonds is 3. The van der Waals surface area contributed by atoms with Crippen molar-refractivity contribution in [3.8, 4) is 0 Å². The van der Waals surface area contributed by atoms with Gasteiger partial charge in [-0.3, -0.25) is 0 Å². The van der Waals surface area contributed by atoms with Crippen LogP contribution in [0.25, 0.3) is 11.0 Å². The zero-order chi connectivity index (χ0) is 13.4. The van der Waals surface area contributed by atoms with E-state index in [1.54, 1.807) is 11.3 Å². The molecule has 0 bridgehead atoms. The van der Waals surface area contributed by atoms with Crippen molar-refractivity contribution >= 4 is 49.9 Å². The van der Waals surface area contributed by atoms with Crippen molar-refractivity contribution in [1.29, 1.82) is 0 Å². The number of aromatic nitrogens is 2. The van der Waals surface area contributed by atoms with Gasteiger partial charge in [0.15, 0.2) is 0 Å². The quantitative estimate of drug-likeness (QED) is 0.590. The number of thiophene rings is 1. The van der Waals surface area contributed by atoms with Gasteiger partial charge < -0.3 is 4.57 Å². The number of hydrogen-bond donors (Lipinski definition) is 0. The minimum Gasteiger partial charge on any atom is -0.321 e. The topological polar surface area (TPSA) is 17.8 Å². The molecule has 2 aromatic heterocycles. The van der Waals surface area contributed by atoms with Crippen LogP contribution in [0.15, 0.2) is 40.2 Å². The zero-order valence-corrected chi connectivity index (χ0v) is 13.5. The molecule has 0 amide bonds. The van der Waals surface area contributed by atoms with Crippen LogP contribution in [0.3, 0.4) is 0 Å². The highest BCUT2D eigenvalue weighted by molar-refractivity contribution is 9.10. The summed E-state index contributed by atoms with van der Waals surface area (Å²) in [6, 6.07) is 10.3. The van der Waals surface area contributed by atoms with Crippen LogP contribution in [0.4, 0.5) is 0 Å². The van der Waals surface area contributed by atoms with Crippen molar-refractivity contribution in [3.63, 3.8) is 0 Å². The molecule has 0 radical (unpaired) electrons. The molecule has 1 aromatic carbocycles. The summed E-state index contributed by atoms with van der Waals surface area (Å²) < 4.78 is 3.25. The predicted octanol–water partition coefficient (Wildman–Crippen LogP) is 5.21. The minimum absolute atomic E-state index is 0.105. The molecule has 0 aliphatic heterocycles. The summed E-state index contributed by atoms with van der Waals surface area (Å²) >= 11 is 11.5. The number of nitrogens with zero attached hydrogens (tertiary/aromatic N) is 2. The van der Waals surface area contributed by atoms with Gasteiger partial charge in [-0.05, 0) is 36.6 Å². The Morgan fingerprint density at radius 2 is 2.26 bits per heavy atom. The van der Waals surface area contributed by atoms with Gasteiger partial charge in [0.2, 0.25) is 0 Å². The average Bonchev–Trinajstić information content (AvgIpc) is 2.98. The third-order valence-corrected chi connectivity index (χ3v) is 4.54. The number of fused-ring (bicyclic) bond motifs is 1. The lowest BCUT2D eigenvalue weighted by atomic mass is 10.3. The molecule has 0 spiro atoms. The summed E-state index contributed by atoms with van der Waals surface area (Å²) in [4.78, 5) is 5.95. The van der Waals surface area contributed by atoms with E-state index >= 15 is 0 Å². The number of hydrogen-bond acceptors (Lipinski definition) is 2. The van der Waals surface area contributed by atoms with Crippen molar-refractivity contribution in [1.82, 2.24) is 9.55 Å². The highest BCUT2D eigenvalue weighted by Gasteiger charge is 2.15. The highest BCUT2D eigenvalue weighted by atomic mass is 79.9. The molecule has 0 saturated heterocycles. The molecule has 0 aliphatic rings. The Kier molecular flexibility index (Phi) is 3.65. The van der Waals surface area contributed by atoms with Crippen LogP contribution in [0, 0.1) is 0 Å². The van der Waals surface area contributed by atoms with Crippen molar-refractivity contribution in [2.24, 2.45) is 0 Å². The summed E-state index contributed by atoms with van der Waals surface area (Å²) in [6.45, 7) is 2.78. The second kappa shape index (κ2) is 5.27. The second-order valence-corrected chi connectivity index (χ2v) is 6.99. The summed E-state index contributed by atoms with van der Waals surface area (Å²) in [5.74, 6) is 0.920. The van der Waals surface area contributed by atoms with Crippen molar-refractivity contribution in [2.45, 2.75) is 18.8 Å². The molecule has 2 heterocycles. The Morgan fingerprint density at radius 1 is 1.42 bits per heavy atom. The molecule has 98 valence electrons. The molecule has 1 atom stereocenters. The van der Waals surface area contributed by atoms with E-state index in [4.69, 9.17) is 11.6 Å². The second-order valence-electron chi connectivity index (χ2n) is 4.38. The summed E-state index contributed by atoms with van der Waals surface area (Å²) in [7, 11) is 0. The molecule has 0 N–H and O–H groups in total.